The molecule has 0 atom stereocenters. The average Bonchev–Trinajstić information content (AvgIpc) is 3.22. The van der Waals surface area contributed by atoms with Crippen LogP contribution in [0.3, 0.4) is 0 Å². The third-order valence-electron chi connectivity index (χ3n) is 3.93. The molecule has 3 rings (SSSR count). The summed E-state index contributed by atoms with van der Waals surface area (Å²) in [5.74, 6) is -1.20. The Labute approximate surface area is 182 Å². The van der Waals surface area contributed by atoms with Crippen LogP contribution in [0.15, 0.2) is 18.6 Å². The predicted octanol–water partition coefficient (Wildman–Crippen LogP) is 3.16. The van der Waals surface area contributed by atoms with Crippen molar-refractivity contribution in [2.75, 3.05) is 26.6 Å². The number of ether oxygens (including phenoxy) is 3. The molecular formula is C18H13F3N6O4S. The van der Waals surface area contributed by atoms with Crippen molar-refractivity contribution in [1.82, 2.24) is 19.9 Å². The molecule has 0 saturated heterocycles. The van der Waals surface area contributed by atoms with Gasteiger partial charge in [0.2, 0.25) is 17.6 Å². The number of hydrogen-bond acceptors (Lipinski definition) is 10. The number of hydrogen-bond donors (Lipinski definition) is 1. The van der Waals surface area contributed by atoms with E-state index < -0.39 is 17.8 Å². The van der Waals surface area contributed by atoms with Crippen LogP contribution in [0, 0.1) is 11.3 Å². The smallest absolute Gasteiger partial charge is 0.434 e. The molecule has 0 bridgehead atoms. The van der Waals surface area contributed by atoms with Gasteiger partial charge in [0.15, 0.2) is 16.4 Å². The average molecular weight is 466 g/mol. The Morgan fingerprint density at radius 2 is 1.72 bits per heavy atom. The lowest BCUT2D eigenvalue weighted by Crippen LogP contribution is -2.16. The van der Waals surface area contributed by atoms with Gasteiger partial charge in [-0.2, -0.15) is 18.4 Å². The highest BCUT2D eigenvalue weighted by Crippen LogP contribution is 2.42. The zero-order chi connectivity index (χ0) is 23.5. The van der Waals surface area contributed by atoms with Gasteiger partial charge in [-0.15, -0.1) is 0 Å². The Balaban J connectivity index is 2.05. The first-order valence-electron chi connectivity index (χ1n) is 8.50. The summed E-state index contributed by atoms with van der Waals surface area (Å²) in [6.07, 6.45) is -2.63. The molecule has 0 unspecified atom stereocenters. The molecule has 3 aromatic rings. The molecule has 3 aromatic heterocycles. The van der Waals surface area contributed by atoms with Gasteiger partial charge in [-0.25, -0.2) is 19.9 Å². The Hall–Kier alpha value is -3.99. The largest absolute Gasteiger partial charge is 0.480 e. The van der Waals surface area contributed by atoms with E-state index >= 15 is 0 Å². The number of aromatic nitrogens is 4. The van der Waals surface area contributed by atoms with Gasteiger partial charge in [-0.3, -0.25) is 10.1 Å². The molecule has 10 nitrogen and oxygen atoms in total. The number of pyridine rings is 1. The maximum atomic E-state index is 13.6. The van der Waals surface area contributed by atoms with Crippen molar-refractivity contribution in [1.29, 1.82) is 5.26 Å². The van der Waals surface area contributed by atoms with Crippen molar-refractivity contribution >= 4 is 22.4 Å². The van der Waals surface area contributed by atoms with E-state index in [1.807, 2.05) is 0 Å². The van der Waals surface area contributed by atoms with Crippen LogP contribution in [0.2, 0.25) is 0 Å². The van der Waals surface area contributed by atoms with E-state index in [9.17, 15) is 23.2 Å². The number of halogens is 3. The standard InChI is InChI=1S/C18H13F3N6O4S/c1-29-14-8(5-22)4-9(6-23-14)11-12(18(19,20)21)26-17(32-11)27-13(28)10-15(30-2)24-7-25-16(10)31-3/h4,6-7H,1-3H3,(H,26,27,28). The molecule has 0 aromatic carbocycles. The molecule has 0 aliphatic heterocycles. The molecule has 1 N–H and O–H groups in total. The number of methoxy groups -OCH3 is 3. The molecular weight excluding hydrogens is 453 g/mol. The molecule has 1 amide bonds. The number of rotatable bonds is 6. The molecule has 0 aliphatic rings. The second-order valence-corrected chi connectivity index (χ2v) is 6.81. The second kappa shape index (κ2) is 9.02. The minimum atomic E-state index is -4.84. The molecule has 166 valence electrons. The van der Waals surface area contributed by atoms with Crippen LogP contribution in [0.4, 0.5) is 18.3 Å². The first-order chi connectivity index (χ1) is 15.2. The SMILES string of the molecule is COc1ncc(-c2sc(NC(=O)c3c(OC)ncnc3OC)nc2C(F)(F)F)cc1C#N. The summed E-state index contributed by atoms with van der Waals surface area (Å²) in [5, 5.41) is 11.1. The Bertz CT molecular complexity index is 1190. The summed E-state index contributed by atoms with van der Waals surface area (Å²) in [5.41, 5.74) is -1.56. The van der Waals surface area contributed by atoms with Gasteiger partial charge in [0.25, 0.3) is 5.91 Å². The lowest BCUT2D eigenvalue weighted by atomic mass is 10.1. The minimum absolute atomic E-state index is 0.0223. The number of anilines is 1. The van der Waals surface area contributed by atoms with E-state index in [4.69, 9.17) is 14.2 Å². The van der Waals surface area contributed by atoms with Crippen LogP contribution in [-0.2, 0) is 6.18 Å². The van der Waals surface area contributed by atoms with E-state index in [2.05, 4.69) is 25.3 Å². The van der Waals surface area contributed by atoms with Crippen molar-refractivity contribution in [2.24, 2.45) is 0 Å². The van der Waals surface area contributed by atoms with E-state index in [-0.39, 0.29) is 44.3 Å². The van der Waals surface area contributed by atoms with Crippen LogP contribution < -0.4 is 19.5 Å². The minimum Gasteiger partial charge on any atom is -0.480 e. The molecule has 3 heterocycles. The summed E-state index contributed by atoms with van der Waals surface area (Å²) >= 11 is 0.546. The number of thiazole rings is 1. The summed E-state index contributed by atoms with van der Waals surface area (Å²) in [7, 11) is 3.79. The number of alkyl halides is 3. The fourth-order valence-electron chi connectivity index (χ4n) is 2.60. The number of nitrogens with one attached hydrogen (secondary N) is 1. The quantitative estimate of drug-likeness (QED) is 0.582. The number of nitrogens with zero attached hydrogens (tertiary/aromatic N) is 5. The van der Waals surface area contributed by atoms with Gasteiger partial charge in [0.1, 0.15) is 18.0 Å². The van der Waals surface area contributed by atoms with Gasteiger partial charge in [-0.1, -0.05) is 11.3 Å². The van der Waals surface area contributed by atoms with Crippen molar-refractivity contribution < 1.29 is 32.2 Å². The zero-order valence-electron chi connectivity index (χ0n) is 16.6. The molecule has 0 fully saturated rings. The number of nitriles is 1. The molecule has 0 aliphatic carbocycles. The third kappa shape index (κ3) is 4.37. The first-order valence-corrected chi connectivity index (χ1v) is 9.32. The van der Waals surface area contributed by atoms with Gasteiger partial charge < -0.3 is 14.2 Å². The van der Waals surface area contributed by atoms with E-state index in [0.29, 0.717) is 11.3 Å². The number of amides is 1. The normalized spacial score (nSPS) is 10.9. The summed E-state index contributed by atoms with van der Waals surface area (Å²) in [6, 6.07) is 3.00. The van der Waals surface area contributed by atoms with Gasteiger partial charge in [0.05, 0.1) is 26.2 Å². The number of carbonyl (C=O) groups is 1. The maximum absolute atomic E-state index is 13.6. The van der Waals surface area contributed by atoms with Gasteiger partial charge in [-0.05, 0) is 6.07 Å². The fraction of sp³-hybridized carbons (Fsp3) is 0.222. The fourth-order valence-corrected chi connectivity index (χ4v) is 3.56. The predicted molar refractivity (Wildman–Crippen MR) is 105 cm³/mol. The number of carbonyl (C=O) groups excluding carboxylic acids is 1. The molecule has 32 heavy (non-hydrogen) atoms. The lowest BCUT2D eigenvalue weighted by molar-refractivity contribution is -0.140. The van der Waals surface area contributed by atoms with E-state index in [1.54, 1.807) is 6.07 Å². The second-order valence-electron chi connectivity index (χ2n) is 5.81. The van der Waals surface area contributed by atoms with Crippen LogP contribution >= 0.6 is 11.3 Å². The maximum Gasteiger partial charge on any atom is 0.434 e. The molecule has 0 saturated carbocycles. The van der Waals surface area contributed by atoms with Crippen LogP contribution in [0.1, 0.15) is 21.6 Å². The van der Waals surface area contributed by atoms with Crippen molar-refractivity contribution in [2.45, 2.75) is 6.18 Å². The Morgan fingerprint density at radius 3 is 2.25 bits per heavy atom. The highest BCUT2D eigenvalue weighted by atomic mass is 32.1. The third-order valence-corrected chi connectivity index (χ3v) is 4.95. The lowest BCUT2D eigenvalue weighted by Gasteiger charge is -2.09. The summed E-state index contributed by atoms with van der Waals surface area (Å²) < 4.78 is 55.8. The molecule has 14 heteroatoms. The van der Waals surface area contributed by atoms with E-state index in [0.717, 1.165) is 12.5 Å². The van der Waals surface area contributed by atoms with Gasteiger partial charge >= 0.3 is 6.18 Å². The molecule has 0 radical (unpaired) electrons. The van der Waals surface area contributed by atoms with Crippen LogP contribution in [-0.4, -0.2) is 47.2 Å². The summed E-state index contributed by atoms with van der Waals surface area (Å²) in [6.45, 7) is 0. The summed E-state index contributed by atoms with van der Waals surface area (Å²) in [4.78, 5) is 27.4. The zero-order valence-corrected chi connectivity index (χ0v) is 17.5. The highest BCUT2D eigenvalue weighted by Gasteiger charge is 2.38. The monoisotopic (exact) mass is 466 g/mol. The Kier molecular flexibility index (Phi) is 6.40. The van der Waals surface area contributed by atoms with Gasteiger partial charge in [0, 0.05) is 11.8 Å². The van der Waals surface area contributed by atoms with Crippen molar-refractivity contribution in [3.63, 3.8) is 0 Å². The topological polar surface area (TPSA) is 132 Å². The van der Waals surface area contributed by atoms with Crippen molar-refractivity contribution in [3.05, 3.63) is 35.4 Å². The molecule has 0 spiro atoms. The van der Waals surface area contributed by atoms with Crippen molar-refractivity contribution in [3.8, 4) is 34.1 Å². The first kappa shape index (κ1) is 22.7. The highest BCUT2D eigenvalue weighted by molar-refractivity contribution is 7.19. The van der Waals surface area contributed by atoms with Crippen LogP contribution in [0.25, 0.3) is 10.4 Å². The Morgan fingerprint density at radius 1 is 1.09 bits per heavy atom. The van der Waals surface area contributed by atoms with Crippen LogP contribution in [0.5, 0.6) is 17.6 Å². The van der Waals surface area contributed by atoms with E-state index in [1.165, 1.54) is 27.4 Å².